The lowest BCUT2D eigenvalue weighted by Gasteiger charge is -1.94. The van der Waals surface area contributed by atoms with Crippen LogP contribution in [0.1, 0.15) is 0 Å². The number of nitrogens with one attached hydrogen (secondary N) is 1. The summed E-state index contributed by atoms with van der Waals surface area (Å²) in [4.78, 5) is 9.05. The number of nitrogens with zero attached hydrogens (tertiary/aromatic N) is 2. The van der Waals surface area contributed by atoms with Gasteiger partial charge < -0.3 is 10.1 Å². The van der Waals surface area contributed by atoms with E-state index in [1.807, 2.05) is 0 Å². The number of hydrogen-bond acceptors (Lipinski definition) is 4. The molecule has 1 N–H and O–H groups in total. The largest absolute Gasteiger partial charge is 0.358 e. The van der Waals surface area contributed by atoms with Crippen LogP contribution >= 0.6 is 0 Å². The smallest absolute Gasteiger partial charge is 0.352 e. The van der Waals surface area contributed by atoms with E-state index < -0.39 is 10.7 Å². The van der Waals surface area contributed by atoms with Crippen LogP contribution in [0.3, 0.4) is 0 Å². The fraction of sp³-hybridized carbons (Fsp3) is 0. The van der Waals surface area contributed by atoms with Crippen LogP contribution in [0.5, 0.6) is 0 Å². The van der Waals surface area contributed by atoms with E-state index >= 15 is 0 Å². The van der Waals surface area contributed by atoms with Gasteiger partial charge in [0.15, 0.2) is 0 Å². The van der Waals surface area contributed by atoms with Crippen LogP contribution in [-0.2, 0) is 0 Å². The maximum Gasteiger partial charge on any atom is 0.352 e. The summed E-state index contributed by atoms with van der Waals surface area (Å²) in [5.74, 6) is -0.511. The SMILES string of the molecule is O=[N+]([O-])/C=N\Nc1ccccc1F. The predicted octanol–water partition coefficient (Wildman–Crippen LogP) is 1.46. The first-order valence-corrected chi connectivity index (χ1v) is 3.37. The molecule has 0 aliphatic rings. The van der Waals surface area contributed by atoms with Gasteiger partial charge in [0, 0.05) is 5.10 Å². The molecule has 0 fully saturated rings. The topological polar surface area (TPSA) is 67.5 Å². The Labute approximate surface area is 73.0 Å². The molecule has 0 unspecified atom stereocenters. The third-order valence-corrected chi connectivity index (χ3v) is 1.21. The molecule has 0 bridgehead atoms. The summed E-state index contributed by atoms with van der Waals surface area (Å²) in [6, 6.07) is 5.75. The van der Waals surface area contributed by atoms with Gasteiger partial charge in [-0.05, 0) is 17.1 Å². The lowest BCUT2D eigenvalue weighted by atomic mass is 10.3. The second kappa shape index (κ2) is 4.15. The highest BCUT2D eigenvalue weighted by atomic mass is 19.1. The molecule has 0 amide bonds. The summed E-state index contributed by atoms with van der Waals surface area (Å²) in [5.41, 5.74) is 2.29. The number of hydrogen-bond donors (Lipinski definition) is 1. The van der Waals surface area contributed by atoms with Crippen molar-refractivity contribution in [1.82, 2.24) is 0 Å². The third kappa shape index (κ3) is 2.86. The minimum absolute atomic E-state index is 0.0978. The third-order valence-electron chi connectivity index (χ3n) is 1.21. The van der Waals surface area contributed by atoms with Crippen molar-refractivity contribution in [2.75, 3.05) is 5.43 Å². The Morgan fingerprint density at radius 3 is 2.85 bits per heavy atom. The predicted molar refractivity (Wildman–Crippen MR) is 45.5 cm³/mol. The van der Waals surface area contributed by atoms with Gasteiger partial charge >= 0.3 is 6.34 Å². The summed E-state index contributed by atoms with van der Waals surface area (Å²) < 4.78 is 12.8. The van der Waals surface area contributed by atoms with Crippen LogP contribution in [0.15, 0.2) is 29.4 Å². The van der Waals surface area contributed by atoms with Gasteiger partial charge in [0.05, 0.1) is 0 Å². The van der Waals surface area contributed by atoms with Gasteiger partial charge in [-0.25, -0.2) is 4.39 Å². The Morgan fingerprint density at radius 1 is 1.54 bits per heavy atom. The van der Waals surface area contributed by atoms with Crippen molar-refractivity contribution in [3.63, 3.8) is 0 Å². The minimum atomic E-state index is -0.742. The van der Waals surface area contributed by atoms with Gasteiger partial charge in [-0.15, -0.1) is 0 Å². The summed E-state index contributed by atoms with van der Waals surface area (Å²) in [5, 5.41) is 13.0. The second-order valence-corrected chi connectivity index (χ2v) is 2.12. The van der Waals surface area contributed by atoms with E-state index in [9.17, 15) is 14.5 Å². The summed E-state index contributed by atoms with van der Waals surface area (Å²) >= 11 is 0. The number of nitro groups is 1. The first-order chi connectivity index (χ1) is 6.20. The molecular weight excluding hydrogens is 177 g/mol. The van der Waals surface area contributed by atoms with E-state index in [0.717, 1.165) is 0 Å². The molecule has 1 aromatic rings. The zero-order valence-corrected chi connectivity index (χ0v) is 6.48. The lowest BCUT2D eigenvalue weighted by molar-refractivity contribution is -0.339. The van der Waals surface area contributed by atoms with Gasteiger partial charge in [-0.1, -0.05) is 12.1 Å². The van der Waals surface area contributed by atoms with Crippen molar-refractivity contribution >= 4 is 12.0 Å². The highest BCUT2D eigenvalue weighted by Crippen LogP contribution is 2.11. The Kier molecular flexibility index (Phi) is 2.91. The van der Waals surface area contributed by atoms with E-state index in [2.05, 4.69) is 10.5 Å². The molecule has 0 spiro atoms. The van der Waals surface area contributed by atoms with E-state index in [1.54, 1.807) is 6.07 Å². The number of hydrazone groups is 1. The van der Waals surface area contributed by atoms with E-state index in [1.165, 1.54) is 18.2 Å². The van der Waals surface area contributed by atoms with Crippen molar-refractivity contribution in [1.29, 1.82) is 0 Å². The molecule has 0 aliphatic heterocycles. The molecule has 68 valence electrons. The Hall–Kier alpha value is -1.98. The summed E-state index contributed by atoms with van der Waals surface area (Å²) in [7, 11) is 0. The average molecular weight is 183 g/mol. The maximum atomic E-state index is 12.8. The van der Waals surface area contributed by atoms with Gasteiger partial charge in [-0.3, -0.25) is 0 Å². The Balaban J connectivity index is 2.64. The van der Waals surface area contributed by atoms with Gasteiger partial charge in [0.2, 0.25) is 0 Å². The quantitative estimate of drug-likeness (QED) is 0.334. The summed E-state index contributed by atoms with van der Waals surface area (Å²) in [6.07, 6.45) is 0.451. The number of rotatable bonds is 3. The monoisotopic (exact) mass is 183 g/mol. The fourth-order valence-electron chi connectivity index (χ4n) is 0.697. The zero-order chi connectivity index (χ0) is 9.68. The van der Waals surface area contributed by atoms with Crippen LogP contribution in [0.25, 0.3) is 0 Å². The van der Waals surface area contributed by atoms with Crippen LogP contribution in [0.4, 0.5) is 10.1 Å². The standard InChI is InChI=1S/C7H6FN3O2/c8-6-3-1-2-4-7(6)10-9-5-11(12)13/h1-5,10H/b9-5-. The van der Waals surface area contributed by atoms with Crippen LogP contribution in [0.2, 0.25) is 0 Å². The van der Waals surface area contributed by atoms with Crippen molar-refractivity contribution < 1.29 is 9.31 Å². The maximum absolute atomic E-state index is 12.8. The summed E-state index contributed by atoms with van der Waals surface area (Å²) in [6.45, 7) is 0. The van der Waals surface area contributed by atoms with E-state index in [0.29, 0.717) is 6.34 Å². The first kappa shape index (κ1) is 9.11. The Morgan fingerprint density at radius 2 is 2.23 bits per heavy atom. The van der Waals surface area contributed by atoms with Gasteiger partial charge in [0.1, 0.15) is 11.5 Å². The second-order valence-electron chi connectivity index (χ2n) is 2.12. The molecule has 0 heterocycles. The number of anilines is 1. The molecule has 1 rings (SSSR count). The molecule has 0 aromatic heterocycles. The van der Waals surface area contributed by atoms with Crippen molar-refractivity contribution in [3.05, 3.63) is 40.2 Å². The number of para-hydroxylation sites is 1. The van der Waals surface area contributed by atoms with Crippen LogP contribution in [-0.4, -0.2) is 11.3 Å². The molecule has 0 saturated carbocycles. The van der Waals surface area contributed by atoms with Gasteiger partial charge in [0.25, 0.3) is 0 Å². The number of halogens is 1. The van der Waals surface area contributed by atoms with E-state index in [4.69, 9.17) is 0 Å². The van der Waals surface area contributed by atoms with Crippen molar-refractivity contribution in [3.8, 4) is 0 Å². The average Bonchev–Trinajstić information content (AvgIpc) is 2.08. The van der Waals surface area contributed by atoms with Crippen LogP contribution in [0, 0.1) is 15.9 Å². The molecule has 1 aromatic carbocycles. The molecule has 13 heavy (non-hydrogen) atoms. The van der Waals surface area contributed by atoms with Crippen molar-refractivity contribution in [2.24, 2.45) is 5.10 Å². The molecular formula is C7H6FN3O2. The molecule has 0 saturated heterocycles. The zero-order valence-electron chi connectivity index (χ0n) is 6.48. The molecule has 0 aliphatic carbocycles. The van der Waals surface area contributed by atoms with Crippen molar-refractivity contribution in [2.45, 2.75) is 0 Å². The highest BCUT2D eigenvalue weighted by Gasteiger charge is 1.99. The lowest BCUT2D eigenvalue weighted by Crippen LogP contribution is -1.98. The minimum Gasteiger partial charge on any atom is -0.358 e. The molecule has 6 heteroatoms. The first-order valence-electron chi connectivity index (χ1n) is 3.37. The normalized spacial score (nSPS) is 10.2. The Bertz CT molecular complexity index is 340. The molecule has 0 atom stereocenters. The number of benzene rings is 1. The van der Waals surface area contributed by atoms with E-state index in [-0.39, 0.29) is 5.69 Å². The fourth-order valence-corrected chi connectivity index (χ4v) is 0.697. The van der Waals surface area contributed by atoms with Crippen LogP contribution < -0.4 is 5.43 Å². The molecule has 0 radical (unpaired) electrons. The van der Waals surface area contributed by atoms with Gasteiger partial charge in [-0.2, -0.15) is 5.43 Å². The molecule has 5 nitrogen and oxygen atoms in total. The highest BCUT2D eigenvalue weighted by molar-refractivity contribution is 5.50.